The average Bonchev–Trinajstić information content (AvgIpc) is 3.07. The Hall–Kier alpha value is -2.52. The zero-order chi connectivity index (χ0) is 17.7. The molecule has 0 saturated carbocycles. The number of esters is 2. The summed E-state index contributed by atoms with van der Waals surface area (Å²) in [5.41, 5.74) is 0. The predicted molar refractivity (Wildman–Crippen MR) is 75.8 cm³/mol. The van der Waals surface area contributed by atoms with E-state index in [1.807, 2.05) is 0 Å². The summed E-state index contributed by atoms with van der Waals surface area (Å²) in [6.07, 6.45) is 0.937. The molecule has 1 N–H and O–H groups in total. The molecule has 0 unspecified atom stereocenters. The Balaban J connectivity index is 1.87. The van der Waals surface area contributed by atoms with E-state index in [1.165, 1.54) is 6.92 Å². The van der Waals surface area contributed by atoms with Crippen LogP contribution in [-0.2, 0) is 38.1 Å². The molecule has 9 nitrogen and oxygen atoms in total. The van der Waals surface area contributed by atoms with Crippen LogP contribution in [0.5, 0.6) is 0 Å². The summed E-state index contributed by atoms with van der Waals surface area (Å²) in [4.78, 5) is 44.2. The maximum absolute atomic E-state index is 11.6. The van der Waals surface area contributed by atoms with Crippen LogP contribution >= 0.6 is 0 Å². The Morgan fingerprint density at radius 3 is 1.75 bits per heavy atom. The molecule has 0 spiro atoms. The first-order valence-corrected chi connectivity index (χ1v) is 7.11. The van der Waals surface area contributed by atoms with Crippen molar-refractivity contribution in [2.24, 2.45) is 0 Å². The van der Waals surface area contributed by atoms with Crippen LogP contribution in [-0.4, -0.2) is 66.4 Å². The minimum atomic E-state index is -1.27. The van der Waals surface area contributed by atoms with Crippen LogP contribution in [0, 0.1) is 0 Å². The Bertz CT molecular complexity index is 540. The summed E-state index contributed by atoms with van der Waals surface area (Å²) in [5, 5.41) is 8.45. The standard InChI is InChI=1S/C15H16O9/c1-8(16)2-4-12(19)23-9-6-21-15-10(7-22-14(9)15)24-13(20)5-3-11(17)18/h2-5,9-10,14-15H,6-7H2,1H3,(H,17,18)/b4-2+,5-3+/t9-,10-,14+,15+/m0/s1. The number of carboxylic acid groups (broad SMARTS) is 1. The lowest BCUT2D eigenvalue weighted by Crippen LogP contribution is -2.35. The highest BCUT2D eigenvalue weighted by atomic mass is 16.7. The Morgan fingerprint density at radius 1 is 0.875 bits per heavy atom. The third-order valence-electron chi connectivity index (χ3n) is 3.31. The van der Waals surface area contributed by atoms with Crippen molar-refractivity contribution >= 4 is 23.7 Å². The highest BCUT2D eigenvalue weighted by molar-refractivity contribution is 5.94. The second-order valence-corrected chi connectivity index (χ2v) is 5.16. The van der Waals surface area contributed by atoms with E-state index in [0.717, 1.165) is 18.2 Å². The third-order valence-corrected chi connectivity index (χ3v) is 3.31. The number of allylic oxidation sites excluding steroid dienone is 1. The molecule has 0 aromatic heterocycles. The Labute approximate surface area is 136 Å². The normalized spacial score (nSPS) is 28.9. The molecule has 0 amide bonds. The third kappa shape index (κ3) is 4.74. The van der Waals surface area contributed by atoms with Crippen molar-refractivity contribution in [3.8, 4) is 0 Å². The number of carboxylic acids is 1. The molecule has 0 aromatic carbocycles. The number of carbonyl (C=O) groups excluding carboxylic acids is 3. The second kappa shape index (κ2) is 7.84. The van der Waals surface area contributed by atoms with Crippen LogP contribution < -0.4 is 0 Å². The van der Waals surface area contributed by atoms with Gasteiger partial charge in [-0.1, -0.05) is 0 Å². The molecule has 24 heavy (non-hydrogen) atoms. The molecule has 0 radical (unpaired) electrons. The van der Waals surface area contributed by atoms with Gasteiger partial charge in [0, 0.05) is 18.2 Å². The van der Waals surface area contributed by atoms with Gasteiger partial charge in [0.05, 0.1) is 13.2 Å². The molecular formula is C15H16O9. The smallest absolute Gasteiger partial charge is 0.331 e. The highest BCUT2D eigenvalue weighted by Gasteiger charge is 2.50. The molecule has 2 aliphatic rings. The topological polar surface area (TPSA) is 125 Å². The van der Waals surface area contributed by atoms with Crippen LogP contribution in [0.1, 0.15) is 6.92 Å². The SMILES string of the molecule is CC(=O)/C=C/C(=O)O[C@H]1CO[C@H]2[C@@H]1OC[C@@H]2OC(=O)/C=C/C(=O)O. The minimum absolute atomic E-state index is 0.0410. The highest BCUT2D eigenvalue weighted by Crippen LogP contribution is 2.30. The van der Waals surface area contributed by atoms with Crippen LogP contribution in [0.2, 0.25) is 0 Å². The van der Waals surface area contributed by atoms with Crippen molar-refractivity contribution in [2.45, 2.75) is 31.3 Å². The number of ketones is 1. The van der Waals surface area contributed by atoms with Crippen molar-refractivity contribution in [3.05, 3.63) is 24.3 Å². The van der Waals surface area contributed by atoms with Gasteiger partial charge in [0.2, 0.25) is 0 Å². The van der Waals surface area contributed by atoms with E-state index in [1.54, 1.807) is 0 Å². The maximum Gasteiger partial charge on any atom is 0.331 e. The summed E-state index contributed by atoms with van der Waals surface area (Å²) in [6.45, 7) is 1.41. The molecule has 2 fully saturated rings. The van der Waals surface area contributed by atoms with E-state index in [2.05, 4.69) is 0 Å². The fourth-order valence-electron chi connectivity index (χ4n) is 2.33. The molecule has 2 heterocycles. The summed E-state index contributed by atoms with van der Waals surface area (Å²) >= 11 is 0. The van der Waals surface area contributed by atoms with Crippen LogP contribution in [0.3, 0.4) is 0 Å². The number of fused-ring (bicyclic) bond motifs is 1. The molecule has 0 aromatic rings. The Kier molecular flexibility index (Phi) is 5.83. The van der Waals surface area contributed by atoms with E-state index < -0.39 is 42.3 Å². The molecule has 0 aliphatic carbocycles. The number of carbonyl (C=O) groups is 4. The quantitative estimate of drug-likeness (QED) is 0.498. The summed E-state index contributed by atoms with van der Waals surface area (Å²) in [7, 11) is 0. The van der Waals surface area contributed by atoms with Gasteiger partial charge in [-0.2, -0.15) is 0 Å². The van der Waals surface area contributed by atoms with Crippen molar-refractivity contribution in [1.82, 2.24) is 0 Å². The molecule has 0 bridgehead atoms. The number of hydrogen-bond acceptors (Lipinski definition) is 8. The monoisotopic (exact) mass is 340 g/mol. The van der Waals surface area contributed by atoms with Crippen molar-refractivity contribution in [2.75, 3.05) is 13.2 Å². The number of hydrogen-bond donors (Lipinski definition) is 1. The predicted octanol–water partition coefficient (Wildman–Crippen LogP) is -0.606. The van der Waals surface area contributed by atoms with Crippen LogP contribution in [0.15, 0.2) is 24.3 Å². The van der Waals surface area contributed by atoms with Gasteiger partial charge in [-0.05, 0) is 13.0 Å². The van der Waals surface area contributed by atoms with E-state index >= 15 is 0 Å². The molecule has 130 valence electrons. The maximum atomic E-state index is 11.6. The molecule has 4 atom stereocenters. The number of aliphatic carboxylic acids is 1. The molecular weight excluding hydrogens is 324 g/mol. The molecule has 2 aliphatic heterocycles. The van der Waals surface area contributed by atoms with Gasteiger partial charge >= 0.3 is 17.9 Å². The largest absolute Gasteiger partial charge is 0.478 e. The van der Waals surface area contributed by atoms with E-state index in [9.17, 15) is 19.2 Å². The van der Waals surface area contributed by atoms with Crippen LogP contribution in [0.4, 0.5) is 0 Å². The van der Waals surface area contributed by atoms with Gasteiger partial charge in [-0.3, -0.25) is 4.79 Å². The first-order chi connectivity index (χ1) is 11.4. The zero-order valence-corrected chi connectivity index (χ0v) is 12.7. The number of rotatable bonds is 6. The van der Waals surface area contributed by atoms with Gasteiger partial charge < -0.3 is 24.1 Å². The van der Waals surface area contributed by atoms with Gasteiger partial charge in [0.25, 0.3) is 0 Å². The van der Waals surface area contributed by atoms with E-state index in [-0.39, 0.29) is 19.0 Å². The van der Waals surface area contributed by atoms with Crippen molar-refractivity contribution in [3.63, 3.8) is 0 Å². The van der Waals surface area contributed by atoms with E-state index in [0.29, 0.717) is 6.08 Å². The molecule has 2 rings (SSSR count). The summed E-state index contributed by atoms with van der Waals surface area (Å²) in [6, 6.07) is 0. The first kappa shape index (κ1) is 17.8. The van der Waals surface area contributed by atoms with Gasteiger partial charge in [0.1, 0.15) is 12.2 Å². The van der Waals surface area contributed by atoms with Gasteiger partial charge in [-0.25, -0.2) is 14.4 Å². The fraction of sp³-hybridized carbons (Fsp3) is 0.467. The van der Waals surface area contributed by atoms with Gasteiger partial charge in [-0.15, -0.1) is 0 Å². The average molecular weight is 340 g/mol. The fourth-order valence-corrected chi connectivity index (χ4v) is 2.33. The lowest BCUT2D eigenvalue weighted by molar-refractivity contribution is -0.149. The zero-order valence-electron chi connectivity index (χ0n) is 12.7. The first-order valence-electron chi connectivity index (χ1n) is 7.11. The van der Waals surface area contributed by atoms with E-state index in [4.69, 9.17) is 24.1 Å². The summed E-state index contributed by atoms with van der Waals surface area (Å²) < 4.78 is 21.1. The van der Waals surface area contributed by atoms with Crippen LogP contribution in [0.25, 0.3) is 0 Å². The lowest BCUT2D eigenvalue weighted by atomic mass is 10.1. The van der Waals surface area contributed by atoms with Gasteiger partial charge in [0.15, 0.2) is 18.0 Å². The number of ether oxygens (including phenoxy) is 4. The molecule has 9 heteroatoms. The second-order valence-electron chi connectivity index (χ2n) is 5.16. The van der Waals surface area contributed by atoms with Crippen molar-refractivity contribution in [1.29, 1.82) is 0 Å². The Morgan fingerprint density at radius 2 is 1.33 bits per heavy atom. The van der Waals surface area contributed by atoms with Crippen molar-refractivity contribution < 1.29 is 43.2 Å². The lowest BCUT2D eigenvalue weighted by Gasteiger charge is -2.16. The minimum Gasteiger partial charge on any atom is -0.478 e. The summed E-state index contributed by atoms with van der Waals surface area (Å²) in [5.74, 6) is -3.09. The molecule has 2 saturated heterocycles.